The Kier molecular flexibility index (Phi) is 3.02. The van der Waals surface area contributed by atoms with E-state index in [1.165, 1.54) is 0 Å². The summed E-state index contributed by atoms with van der Waals surface area (Å²) in [6.45, 7) is 4.12. The van der Waals surface area contributed by atoms with Crippen LogP contribution in [-0.4, -0.2) is 34.9 Å². The zero-order chi connectivity index (χ0) is 10.7. The summed E-state index contributed by atoms with van der Waals surface area (Å²) >= 11 is 0. The second-order valence-corrected chi connectivity index (χ2v) is 4.05. The highest BCUT2D eigenvalue weighted by Gasteiger charge is 2.39. The number of aliphatic hydroxyl groups is 1. The van der Waals surface area contributed by atoms with Crippen molar-refractivity contribution < 1.29 is 9.63 Å². The van der Waals surface area contributed by atoms with Crippen molar-refractivity contribution in [3.8, 4) is 0 Å². The minimum absolute atomic E-state index is 0.0146. The molecule has 1 aliphatic heterocycles. The van der Waals surface area contributed by atoms with Crippen molar-refractivity contribution in [2.75, 3.05) is 19.7 Å². The first-order chi connectivity index (χ1) is 7.30. The molecule has 1 atom stereocenters. The Bertz CT molecular complexity index is 318. The molecule has 1 saturated heterocycles. The van der Waals surface area contributed by atoms with Crippen molar-refractivity contribution in [3.63, 3.8) is 0 Å². The molecule has 0 radical (unpaired) electrons. The number of hydrogen-bond donors (Lipinski definition) is 2. The van der Waals surface area contributed by atoms with Gasteiger partial charge in [0.2, 0.25) is 5.89 Å². The molecule has 1 aromatic heterocycles. The van der Waals surface area contributed by atoms with E-state index in [0.29, 0.717) is 12.2 Å². The lowest BCUT2D eigenvalue weighted by Crippen LogP contribution is -2.28. The van der Waals surface area contributed by atoms with Gasteiger partial charge in [0, 0.05) is 13.0 Å². The molecule has 1 aliphatic rings. The topological polar surface area (TPSA) is 71.2 Å². The van der Waals surface area contributed by atoms with Gasteiger partial charge in [-0.3, -0.25) is 0 Å². The highest BCUT2D eigenvalue weighted by atomic mass is 16.5. The lowest BCUT2D eigenvalue weighted by molar-refractivity contribution is 0.277. The molecule has 2 rings (SSSR count). The van der Waals surface area contributed by atoms with Crippen LogP contribution < -0.4 is 5.32 Å². The van der Waals surface area contributed by atoms with Crippen LogP contribution in [0.15, 0.2) is 4.52 Å². The van der Waals surface area contributed by atoms with E-state index in [2.05, 4.69) is 22.4 Å². The fraction of sp³-hybridized carbons (Fsp3) is 0.800. The second kappa shape index (κ2) is 4.28. The molecule has 1 aromatic rings. The summed E-state index contributed by atoms with van der Waals surface area (Å²) in [5, 5.41) is 16.0. The van der Waals surface area contributed by atoms with Crippen LogP contribution in [0.2, 0.25) is 0 Å². The van der Waals surface area contributed by atoms with E-state index in [-0.39, 0.29) is 12.0 Å². The van der Waals surface area contributed by atoms with Crippen LogP contribution in [0.1, 0.15) is 31.5 Å². The van der Waals surface area contributed by atoms with Crippen molar-refractivity contribution in [3.05, 3.63) is 11.7 Å². The second-order valence-electron chi connectivity index (χ2n) is 4.05. The average molecular weight is 211 g/mol. The molecule has 2 heterocycles. The number of hydrogen-bond acceptors (Lipinski definition) is 5. The standard InChI is InChI=1S/C10H17N3O2/c1-2-10(4-5-11-7-10)9-12-8(3-6-14)13-15-9/h11,14H,2-7H2,1H3. The van der Waals surface area contributed by atoms with Gasteiger partial charge in [0.15, 0.2) is 5.82 Å². The Labute approximate surface area is 88.9 Å². The molecule has 0 spiro atoms. The maximum absolute atomic E-state index is 8.78. The van der Waals surface area contributed by atoms with Crippen molar-refractivity contribution >= 4 is 0 Å². The first-order valence-electron chi connectivity index (χ1n) is 5.45. The molecular weight excluding hydrogens is 194 g/mol. The summed E-state index contributed by atoms with van der Waals surface area (Å²) in [7, 11) is 0. The number of nitrogens with zero attached hydrogens (tertiary/aromatic N) is 2. The van der Waals surface area contributed by atoms with E-state index in [9.17, 15) is 0 Å². The molecule has 0 bridgehead atoms. The van der Waals surface area contributed by atoms with Gasteiger partial charge >= 0.3 is 0 Å². The molecule has 0 aliphatic carbocycles. The monoisotopic (exact) mass is 211 g/mol. The van der Waals surface area contributed by atoms with Gasteiger partial charge in [0.05, 0.1) is 12.0 Å². The van der Waals surface area contributed by atoms with Crippen LogP contribution in [-0.2, 0) is 11.8 Å². The summed E-state index contributed by atoms with van der Waals surface area (Å²) in [6, 6.07) is 0. The normalized spacial score (nSPS) is 26.0. The van der Waals surface area contributed by atoms with Gasteiger partial charge in [0.25, 0.3) is 0 Å². The number of aromatic nitrogens is 2. The van der Waals surface area contributed by atoms with Crippen LogP contribution in [0.4, 0.5) is 0 Å². The molecule has 5 nitrogen and oxygen atoms in total. The number of nitrogens with one attached hydrogen (secondary N) is 1. The van der Waals surface area contributed by atoms with Crippen LogP contribution in [0.25, 0.3) is 0 Å². The lowest BCUT2D eigenvalue weighted by atomic mass is 9.84. The highest BCUT2D eigenvalue weighted by molar-refractivity contribution is 5.09. The predicted molar refractivity (Wildman–Crippen MR) is 54.5 cm³/mol. The van der Waals surface area contributed by atoms with E-state index in [1.54, 1.807) is 0 Å². The Morgan fingerprint density at radius 1 is 1.60 bits per heavy atom. The highest BCUT2D eigenvalue weighted by Crippen LogP contribution is 2.32. The summed E-state index contributed by atoms with van der Waals surface area (Å²) in [5.41, 5.74) is 0.0146. The molecular formula is C10H17N3O2. The quantitative estimate of drug-likeness (QED) is 0.746. The third-order valence-corrected chi connectivity index (χ3v) is 3.18. The Balaban J connectivity index is 2.19. The summed E-state index contributed by atoms with van der Waals surface area (Å²) in [5.74, 6) is 1.32. The van der Waals surface area contributed by atoms with Gasteiger partial charge in [-0.25, -0.2) is 0 Å². The molecule has 1 unspecified atom stereocenters. The molecule has 2 N–H and O–H groups in total. The average Bonchev–Trinajstić information content (AvgIpc) is 2.86. The molecule has 15 heavy (non-hydrogen) atoms. The van der Waals surface area contributed by atoms with Crippen molar-refractivity contribution in [2.24, 2.45) is 0 Å². The fourth-order valence-electron chi connectivity index (χ4n) is 2.05. The van der Waals surface area contributed by atoms with Crippen molar-refractivity contribution in [1.29, 1.82) is 0 Å². The minimum Gasteiger partial charge on any atom is -0.396 e. The third-order valence-electron chi connectivity index (χ3n) is 3.18. The lowest BCUT2D eigenvalue weighted by Gasteiger charge is -2.20. The summed E-state index contributed by atoms with van der Waals surface area (Å²) in [4.78, 5) is 4.35. The van der Waals surface area contributed by atoms with Gasteiger partial charge in [-0.1, -0.05) is 12.1 Å². The molecule has 0 amide bonds. The van der Waals surface area contributed by atoms with Crippen molar-refractivity contribution in [1.82, 2.24) is 15.5 Å². The molecule has 84 valence electrons. The predicted octanol–water partition coefficient (Wildman–Crippen LogP) is 0.245. The van der Waals surface area contributed by atoms with Crippen LogP contribution >= 0.6 is 0 Å². The summed E-state index contributed by atoms with van der Waals surface area (Å²) < 4.78 is 5.28. The zero-order valence-corrected chi connectivity index (χ0v) is 8.99. The van der Waals surface area contributed by atoms with E-state index < -0.39 is 0 Å². The van der Waals surface area contributed by atoms with Crippen LogP contribution in [0.5, 0.6) is 0 Å². The van der Waals surface area contributed by atoms with Gasteiger partial charge < -0.3 is 14.9 Å². The zero-order valence-electron chi connectivity index (χ0n) is 8.99. The first-order valence-corrected chi connectivity index (χ1v) is 5.45. The SMILES string of the molecule is CCC1(c2nc(CCO)no2)CCNC1. The molecule has 0 saturated carbocycles. The molecule has 5 heteroatoms. The Morgan fingerprint density at radius 2 is 2.47 bits per heavy atom. The fourth-order valence-corrected chi connectivity index (χ4v) is 2.05. The smallest absolute Gasteiger partial charge is 0.234 e. The number of aliphatic hydroxyl groups excluding tert-OH is 1. The first kappa shape index (κ1) is 10.6. The van der Waals surface area contributed by atoms with Gasteiger partial charge in [-0.05, 0) is 19.4 Å². The van der Waals surface area contributed by atoms with E-state index in [0.717, 1.165) is 31.8 Å². The van der Waals surface area contributed by atoms with E-state index in [1.807, 2.05) is 0 Å². The Morgan fingerprint density at radius 3 is 3.07 bits per heavy atom. The van der Waals surface area contributed by atoms with Crippen LogP contribution in [0, 0.1) is 0 Å². The van der Waals surface area contributed by atoms with Gasteiger partial charge in [0.1, 0.15) is 0 Å². The van der Waals surface area contributed by atoms with Gasteiger partial charge in [-0.15, -0.1) is 0 Å². The minimum atomic E-state index is 0.0146. The maximum atomic E-state index is 8.78. The van der Waals surface area contributed by atoms with E-state index in [4.69, 9.17) is 9.63 Å². The largest absolute Gasteiger partial charge is 0.396 e. The van der Waals surface area contributed by atoms with Crippen molar-refractivity contribution in [2.45, 2.75) is 31.6 Å². The molecule has 1 fully saturated rings. The summed E-state index contributed by atoms with van der Waals surface area (Å²) in [6.07, 6.45) is 2.52. The van der Waals surface area contributed by atoms with E-state index >= 15 is 0 Å². The van der Waals surface area contributed by atoms with Gasteiger partial charge in [-0.2, -0.15) is 4.98 Å². The number of rotatable bonds is 4. The molecule has 0 aromatic carbocycles. The maximum Gasteiger partial charge on any atom is 0.234 e. The third kappa shape index (κ3) is 1.89. The Hall–Kier alpha value is -0.940. The van der Waals surface area contributed by atoms with Crippen LogP contribution in [0.3, 0.4) is 0 Å².